The van der Waals surface area contributed by atoms with Crippen molar-refractivity contribution >= 4 is 5.69 Å². The molecule has 0 aromatic heterocycles. The number of non-ortho nitro benzene ring substituents is 1. The summed E-state index contributed by atoms with van der Waals surface area (Å²) >= 11 is 0. The molecule has 1 aromatic carbocycles. The molecule has 4 nitrogen and oxygen atoms in total. The summed E-state index contributed by atoms with van der Waals surface area (Å²) in [6.45, 7) is 2.88. The van der Waals surface area contributed by atoms with Gasteiger partial charge < -0.3 is 4.74 Å². The number of halogens is 1. The summed E-state index contributed by atoms with van der Waals surface area (Å²) in [7, 11) is 1.43. The molecule has 1 unspecified atom stereocenters. The van der Waals surface area contributed by atoms with Crippen LogP contribution < -0.4 is 4.74 Å². The Kier molecular flexibility index (Phi) is 3.60. The fraction of sp³-hybridized carbons (Fsp3) is 0.300. The first-order valence-corrected chi connectivity index (χ1v) is 4.31. The third-order valence-corrected chi connectivity index (χ3v) is 2.05. The van der Waals surface area contributed by atoms with Crippen molar-refractivity contribution in [2.75, 3.05) is 13.8 Å². The Labute approximate surface area is 86.8 Å². The molecule has 0 aliphatic heterocycles. The van der Waals surface area contributed by atoms with Crippen LogP contribution in [0.3, 0.4) is 0 Å². The quantitative estimate of drug-likeness (QED) is 0.569. The first-order chi connectivity index (χ1) is 7.10. The SMILES string of the molecule is [CH2]C(CF)c1cc([N+](=O)[O-])ccc1OC. The average Bonchev–Trinajstić information content (AvgIpc) is 2.27. The van der Waals surface area contributed by atoms with E-state index < -0.39 is 17.5 Å². The van der Waals surface area contributed by atoms with Crippen molar-refractivity contribution in [2.24, 2.45) is 0 Å². The molecule has 0 aliphatic carbocycles. The van der Waals surface area contributed by atoms with Crippen LogP contribution in [0, 0.1) is 17.0 Å². The van der Waals surface area contributed by atoms with Crippen molar-refractivity contribution < 1.29 is 14.1 Å². The minimum absolute atomic E-state index is 0.0899. The summed E-state index contributed by atoms with van der Waals surface area (Å²) in [4.78, 5) is 9.98. The Bertz CT molecular complexity index is 368. The van der Waals surface area contributed by atoms with Gasteiger partial charge in [-0.2, -0.15) is 0 Å². The van der Waals surface area contributed by atoms with E-state index in [9.17, 15) is 14.5 Å². The lowest BCUT2D eigenvalue weighted by Crippen LogP contribution is -2.01. The smallest absolute Gasteiger partial charge is 0.269 e. The second-order valence-corrected chi connectivity index (χ2v) is 3.03. The molecule has 0 aliphatic rings. The predicted octanol–water partition coefficient (Wildman–Crippen LogP) is 2.49. The number of nitro groups is 1. The van der Waals surface area contributed by atoms with Crippen molar-refractivity contribution in [1.29, 1.82) is 0 Å². The number of rotatable bonds is 4. The normalized spacial score (nSPS) is 12.2. The molecule has 0 bridgehead atoms. The molecule has 0 amide bonds. The van der Waals surface area contributed by atoms with E-state index in [1.165, 1.54) is 25.3 Å². The van der Waals surface area contributed by atoms with Crippen LogP contribution in [0.25, 0.3) is 0 Å². The summed E-state index contributed by atoms with van der Waals surface area (Å²) < 4.78 is 17.4. The Morgan fingerprint density at radius 2 is 2.33 bits per heavy atom. The summed E-state index contributed by atoms with van der Waals surface area (Å²) in [5, 5.41) is 10.5. The van der Waals surface area contributed by atoms with E-state index in [4.69, 9.17) is 4.74 Å². The molecule has 0 N–H and O–H groups in total. The van der Waals surface area contributed by atoms with Gasteiger partial charge in [0.15, 0.2) is 0 Å². The molecule has 15 heavy (non-hydrogen) atoms. The van der Waals surface area contributed by atoms with Crippen LogP contribution in [0.5, 0.6) is 5.75 Å². The molecule has 81 valence electrons. The van der Waals surface area contributed by atoms with E-state index in [-0.39, 0.29) is 5.69 Å². The first-order valence-electron chi connectivity index (χ1n) is 4.31. The summed E-state index contributed by atoms with van der Waals surface area (Å²) in [5.41, 5.74) is 0.321. The predicted molar refractivity (Wildman–Crippen MR) is 53.7 cm³/mol. The van der Waals surface area contributed by atoms with E-state index in [1.807, 2.05) is 0 Å². The highest BCUT2D eigenvalue weighted by Crippen LogP contribution is 2.30. The first kappa shape index (κ1) is 11.4. The summed E-state index contributed by atoms with van der Waals surface area (Å²) in [6.07, 6.45) is 0. The topological polar surface area (TPSA) is 52.4 Å². The minimum Gasteiger partial charge on any atom is -0.496 e. The van der Waals surface area contributed by atoms with Gasteiger partial charge >= 0.3 is 0 Å². The van der Waals surface area contributed by atoms with Crippen LogP contribution in [0.4, 0.5) is 10.1 Å². The Balaban J connectivity index is 3.18. The zero-order valence-corrected chi connectivity index (χ0v) is 8.27. The Hall–Kier alpha value is -1.65. The fourth-order valence-corrected chi connectivity index (χ4v) is 1.24. The molecule has 0 fully saturated rings. The zero-order chi connectivity index (χ0) is 11.4. The van der Waals surface area contributed by atoms with E-state index in [2.05, 4.69) is 6.92 Å². The number of hydrogen-bond donors (Lipinski definition) is 0. The number of hydrogen-bond acceptors (Lipinski definition) is 3. The number of ether oxygens (including phenoxy) is 1. The van der Waals surface area contributed by atoms with Crippen molar-refractivity contribution in [2.45, 2.75) is 5.92 Å². The standard InChI is InChI=1S/C10H11FNO3/c1-7(6-11)9-5-8(12(13)14)3-4-10(9)15-2/h3-5,7H,1,6H2,2H3. The number of nitrogens with zero attached hydrogens (tertiary/aromatic N) is 1. The highest BCUT2D eigenvalue weighted by atomic mass is 19.1. The van der Waals surface area contributed by atoms with Crippen molar-refractivity contribution in [1.82, 2.24) is 0 Å². The maximum Gasteiger partial charge on any atom is 0.269 e. The van der Waals surface area contributed by atoms with Crippen LogP contribution in [-0.4, -0.2) is 18.7 Å². The van der Waals surface area contributed by atoms with Crippen LogP contribution in [0.15, 0.2) is 18.2 Å². The van der Waals surface area contributed by atoms with Gasteiger partial charge in [-0.25, -0.2) is 0 Å². The van der Waals surface area contributed by atoms with E-state index in [1.54, 1.807) is 0 Å². The largest absolute Gasteiger partial charge is 0.496 e. The van der Waals surface area contributed by atoms with Gasteiger partial charge in [0.25, 0.3) is 5.69 Å². The molecular formula is C10H11FNO3. The van der Waals surface area contributed by atoms with Crippen LogP contribution in [0.2, 0.25) is 0 Å². The maximum atomic E-state index is 12.4. The number of benzene rings is 1. The molecule has 0 saturated heterocycles. The molecule has 5 heteroatoms. The van der Waals surface area contributed by atoms with Gasteiger partial charge in [-0.15, -0.1) is 0 Å². The maximum absolute atomic E-state index is 12.4. The Morgan fingerprint density at radius 1 is 1.67 bits per heavy atom. The van der Waals surface area contributed by atoms with Gasteiger partial charge in [-0.1, -0.05) is 0 Å². The van der Waals surface area contributed by atoms with Crippen molar-refractivity contribution in [3.63, 3.8) is 0 Å². The lowest BCUT2D eigenvalue weighted by molar-refractivity contribution is -0.384. The average molecular weight is 212 g/mol. The van der Waals surface area contributed by atoms with Gasteiger partial charge in [-0.05, 0) is 13.0 Å². The number of nitro benzene ring substituents is 1. The molecule has 1 radical (unpaired) electrons. The molecule has 1 aromatic rings. The number of alkyl halides is 1. The van der Waals surface area contributed by atoms with E-state index >= 15 is 0 Å². The fourth-order valence-electron chi connectivity index (χ4n) is 1.24. The molecular weight excluding hydrogens is 201 g/mol. The van der Waals surface area contributed by atoms with Gasteiger partial charge in [0.2, 0.25) is 0 Å². The minimum atomic E-state index is -0.683. The lowest BCUT2D eigenvalue weighted by atomic mass is 10.0. The monoisotopic (exact) mass is 212 g/mol. The van der Waals surface area contributed by atoms with Crippen LogP contribution >= 0.6 is 0 Å². The number of methoxy groups -OCH3 is 1. The second kappa shape index (κ2) is 4.72. The van der Waals surface area contributed by atoms with Crippen LogP contribution in [-0.2, 0) is 0 Å². The lowest BCUT2D eigenvalue weighted by Gasteiger charge is -2.11. The molecule has 1 rings (SSSR count). The molecule has 1 atom stereocenters. The van der Waals surface area contributed by atoms with Gasteiger partial charge in [0.05, 0.1) is 18.7 Å². The van der Waals surface area contributed by atoms with Gasteiger partial charge in [0.1, 0.15) is 5.75 Å². The van der Waals surface area contributed by atoms with Crippen molar-refractivity contribution in [3.05, 3.63) is 40.8 Å². The van der Waals surface area contributed by atoms with E-state index in [0.29, 0.717) is 11.3 Å². The second-order valence-electron chi connectivity index (χ2n) is 3.03. The summed E-state index contributed by atoms with van der Waals surface area (Å²) in [5.74, 6) is -0.238. The molecule has 0 spiro atoms. The highest BCUT2D eigenvalue weighted by molar-refractivity contribution is 5.46. The molecule has 0 saturated carbocycles. The molecule has 0 heterocycles. The third-order valence-electron chi connectivity index (χ3n) is 2.05. The van der Waals surface area contributed by atoms with Crippen LogP contribution in [0.1, 0.15) is 11.5 Å². The van der Waals surface area contributed by atoms with Gasteiger partial charge in [0, 0.05) is 23.6 Å². The zero-order valence-electron chi connectivity index (χ0n) is 8.27. The van der Waals surface area contributed by atoms with Gasteiger partial charge in [-0.3, -0.25) is 14.5 Å². The third kappa shape index (κ3) is 2.43. The van der Waals surface area contributed by atoms with E-state index in [0.717, 1.165) is 0 Å². The van der Waals surface area contributed by atoms with Crippen molar-refractivity contribution in [3.8, 4) is 5.75 Å². The highest BCUT2D eigenvalue weighted by Gasteiger charge is 2.16. The summed E-state index contributed by atoms with van der Waals surface area (Å²) in [6, 6.07) is 4.05. The Morgan fingerprint density at radius 3 is 2.80 bits per heavy atom.